The molecule has 102 valence electrons. The number of alkyl halides is 3. The van der Waals surface area contributed by atoms with Gasteiger partial charge in [0.1, 0.15) is 12.4 Å². The van der Waals surface area contributed by atoms with Gasteiger partial charge in [-0.25, -0.2) is 4.39 Å². The molecule has 0 saturated heterocycles. The van der Waals surface area contributed by atoms with E-state index in [1.165, 1.54) is 12.1 Å². The van der Waals surface area contributed by atoms with Gasteiger partial charge in [0.2, 0.25) is 0 Å². The second-order valence-corrected chi connectivity index (χ2v) is 4.49. The van der Waals surface area contributed by atoms with Crippen molar-refractivity contribution in [2.75, 3.05) is 13.2 Å². The largest absolute Gasteiger partial charge is 0.411 e. The molecule has 0 heterocycles. The van der Waals surface area contributed by atoms with E-state index in [1.807, 2.05) is 0 Å². The molecule has 0 aliphatic rings. The predicted molar refractivity (Wildman–Crippen MR) is 60.7 cm³/mol. The minimum Gasteiger partial charge on any atom is -0.390 e. The monoisotopic (exact) mass is 330 g/mol. The summed E-state index contributed by atoms with van der Waals surface area (Å²) >= 11 is 3.00. The van der Waals surface area contributed by atoms with E-state index in [4.69, 9.17) is 0 Å². The van der Waals surface area contributed by atoms with Crippen LogP contribution in [0.1, 0.15) is 5.56 Å². The molecule has 0 aliphatic carbocycles. The summed E-state index contributed by atoms with van der Waals surface area (Å²) in [5, 5.41) is 9.48. The van der Waals surface area contributed by atoms with Gasteiger partial charge in [-0.15, -0.1) is 0 Å². The highest BCUT2D eigenvalue weighted by atomic mass is 79.9. The summed E-state index contributed by atoms with van der Waals surface area (Å²) in [7, 11) is 0. The highest BCUT2D eigenvalue weighted by Gasteiger charge is 2.27. The van der Waals surface area contributed by atoms with E-state index in [1.54, 1.807) is 6.07 Å². The molecule has 2 nitrogen and oxygen atoms in total. The molecular formula is C11H11BrF4O2. The van der Waals surface area contributed by atoms with Gasteiger partial charge >= 0.3 is 6.18 Å². The van der Waals surface area contributed by atoms with E-state index in [0.717, 1.165) is 0 Å². The molecule has 0 bridgehead atoms. The number of hydrogen-bond acceptors (Lipinski definition) is 2. The molecule has 1 rings (SSSR count). The second-order valence-electron chi connectivity index (χ2n) is 3.70. The molecule has 0 saturated carbocycles. The summed E-state index contributed by atoms with van der Waals surface area (Å²) < 4.78 is 53.0. The lowest BCUT2D eigenvalue weighted by molar-refractivity contribution is -0.179. The second kappa shape index (κ2) is 6.49. The number of halogens is 5. The molecule has 18 heavy (non-hydrogen) atoms. The summed E-state index contributed by atoms with van der Waals surface area (Å²) in [6, 6.07) is 4.26. The number of ether oxygens (including phenoxy) is 1. The SMILES string of the molecule is OC(COCC(F)(F)F)Cc1cccc(F)c1Br. The van der Waals surface area contributed by atoms with Gasteiger partial charge in [-0.1, -0.05) is 12.1 Å². The van der Waals surface area contributed by atoms with Crippen LogP contribution in [0.4, 0.5) is 17.6 Å². The first-order valence-electron chi connectivity index (χ1n) is 5.05. The molecule has 0 aromatic heterocycles. The highest BCUT2D eigenvalue weighted by Crippen LogP contribution is 2.22. The standard InChI is InChI=1S/C11H11BrF4O2/c12-10-7(2-1-3-9(10)13)4-8(17)5-18-6-11(14,15)16/h1-3,8,17H,4-6H2. The van der Waals surface area contributed by atoms with Crippen molar-refractivity contribution in [3.8, 4) is 0 Å². The fraction of sp³-hybridized carbons (Fsp3) is 0.455. The number of rotatable bonds is 5. The lowest BCUT2D eigenvalue weighted by Crippen LogP contribution is -2.24. The Morgan fingerprint density at radius 3 is 2.61 bits per heavy atom. The quantitative estimate of drug-likeness (QED) is 0.841. The lowest BCUT2D eigenvalue weighted by Gasteiger charge is -2.13. The van der Waals surface area contributed by atoms with Gasteiger partial charge in [0.05, 0.1) is 17.2 Å². The fourth-order valence-electron chi connectivity index (χ4n) is 1.33. The molecule has 7 heteroatoms. The minimum absolute atomic E-state index is 0.0101. The van der Waals surface area contributed by atoms with Crippen LogP contribution < -0.4 is 0 Å². The van der Waals surface area contributed by atoms with Crippen LogP contribution >= 0.6 is 15.9 Å². The van der Waals surface area contributed by atoms with Gasteiger partial charge < -0.3 is 9.84 Å². The zero-order chi connectivity index (χ0) is 13.8. The maximum absolute atomic E-state index is 13.1. The molecule has 1 atom stereocenters. The van der Waals surface area contributed by atoms with Crippen LogP contribution in [0, 0.1) is 5.82 Å². The Labute approximate surface area is 110 Å². The molecule has 1 N–H and O–H groups in total. The van der Waals surface area contributed by atoms with Gasteiger partial charge in [0.25, 0.3) is 0 Å². The molecule has 0 aliphatic heterocycles. The van der Waals surface area contributed by atoms with E-state index >= 15 is 0 Å². The lowest BCUT2D eigenvalue weighted by atomic mass is 10.1. The van der Waals surface area contributed by atoms with E-state index in [9.17, 15) is 22.7 Å². The number of hydrogen-bond donors (Lipinski definition) is 1. The van der Waals surface area contributed by atoms with Crippen molar-refractivity contribution in [1.82, 2.24) is 0 Å². The van der Waals surface area contributed by atoms with Crippen molar-refractivity contribution in [3.63, 3.8) is 0 Å². The highest BCUT2D eigenvalue weighted by molar-refractivity contribution is 9.10. The summed E-state index contributed by atoms with van der Waals surface area (Å²) in [5.41, 5.74) is 0.470. The van der Waals surface area contributed by atoms with Crippen LogP contribution in [0.5, 0.6) is 0 Å². The van der Waals surface area contributed by atoms with Crippen molar-refractivity contribution in [2.45, 2.75) is 18.7 Å². The van der Waals surface area contributed by atoms with Gasteiger partial charge in [-0.2, -0.15) is 13.2 Å². The molecule has 1 unspecified atom stereocenters. The molecule has 0 spiro atoms. The van der Waals surface area contributed by atoms with Crippen molar-refractivity contribution < 1.29 is 27.4 Å². The molecule has 1 aromatic carbocycles. The molecular weight excluding hydrogens is 320 g/mol. The van der Waals surface area contributed by atoms with Crippen LogP contribution in [0.25, 0.3) is 0 Å². The molecule has 0 radical (unpaired) electrons. The number of aliphatic hydroxyl groups excluding tert-OH is 1. The van der Waals surface area contributed by atoms with Crippen LogP contribution in [0.2, 0.25) is 0 Å². The third-order valence-electron chi connectivity index (χ3n) is 2.06. The van der Waals surface area contributed by atoms with Gasteiger partial charge in [0.15, 0.2) is 0 Å². The van der Waals surface area contributed by atoms with Crippen molar-refractivity contribution in [3.05, 3.63) is 34.1 Å². The minimum atomic E-state index is -4.42. The first-order valence-corrected chi connectivity index (χ1v) is 5.84. The Morgan fingerprint density at radius 2 is 2.00 bits per heavy atom. The maximum atomic E-state index is 13.1. The third-order valence-corrected chi connectivity index (χ3v) is 2.95. The average Bonchev–Trinajstić information content (AvgIpc) is 2.23. The van der Waals surface area contributed by atoms with Crippen LogP contribution in [-0.4, -0.2) is 30.6 Å². The van der Waals surface area contributed by atoms with Crippen LogP contribution in [0.3, 0.4) is 0 Å². The smallest absolute Gasteiger partial charge is 0.390 e. The normalized spacial score (nSPS) is 13.7. The molecule has 0 amide bonds. The van der Waals surface area contributed by atoms with E-state index < -0.39 is 31.3 Å². The van der Waals surface area contributed by atoms with E-state index in [-0.39, 0.29) is 10.9 Å². The Kier molecular flexibility index (Phi) is 5.55. The summed E-state index contributed by atoms with van der Waals surface area (Å²) in [6.07, 6.45) is -5.53. The van der Waals surface area contributed by atoms with Crippen molar-refractivity contribution in [1.29, 1.82) is 0 Å². The predicted octanol–water partition coefficient (Wildman–Crippen LogP) is 3.07. The first kappa shape index (κ1) is 15.4. The van der Waals surface area contributed by atoms with Crippen LogP contribution in [0.15, 0.2) is 22.7 Å². The Morgan fingerprint density at radius 1 is 1.33 bits per heavy atom. The fourth-order valence-corrected chi connectivity index (χ4v) is 1.76. The topological polar surface area (TPSA) is 29.5 Å². The first-order chi connectivity index (χ1) is 8.29. The van der Waals surface area contributed by atoms with Crippen molar-refractivity contribution in [2.24, 2.45) is 0 Å². The Bertz CT molecular complexity index is 395. The molecule has 0 fully saturated rings. The van der Waals surface area contributed by atoms with Crippen LogP contribution in [-0.2, 0) is 11.2 Å². The summed E-state index contributed by atoms with van der Waals surface area (Å²) in [4.78, 5) is 0. The van der Waals surface area contributed by atoms with E-state index in [2.05, 4.69) is 20.7 Å². The number of aliphatic hydroxyl groups is 1. The zero-order valence-corrected chi connectivity index (χ0v) is 10.8. The third kappa shape index (κ3) is 5.32. The van der Waals surface area contributed by atoms with E-state index in [0.29, 0.717) is 5.56 Å². The Hall–Kier alpha value is -0.660. The zero-order valence-electron chi connectivity index (χ0n) is 9.18. The Balaban J connectivity index is 2.45. The summed E-state index contributed by atoms with van der Waals surface area (Å²) in [6.45, 7) is -1.86. The van der Waals surface area contributed by atoms with Gasteiger partial charge in [-0.3, -0.25) is 0 Å². The average molecular weight is 331 g/mol. The molecule has 1 aromatic rings. The van der Waals surface area contributed by atoms with Gasteiger partial charge in [0, 0.05) is 6.42 Å². The maximum Gasteiger partial charge on any atom is 0.411 e. The van der Waals surface area contributed by atoms with Crippen molar-refractivity contribution >= 4 is 15.9 Å². The summed E-state index contributed by atoms with van der Waals surface area (Å²) in [5.74, 6) is -0.490. The number of benzene rings is 1. The van der Waals surface area contributed by atoms with Gasteiger partial charge in [-0.05, 0) is 27.6 Å².